The molecule has 0 spiro atoms. The summed E-state index contributed by atoms with van der Waals surface area (Å²) in [6.07, 6.45) is 13.9. The molecule has 0 unspecified atom stereocenters. The molecule has 8 nitrogen and oxygen atoms in total. The van der Waals surface area contributed by atoms with Crippen molar-refractivity contribution in [2.75, 3.05) is 16.8 Å². The SMILES string of the molecule is Fc1ccc(CNc2ncccc2-c2nnc(N(CC3=CC=CCC3)C3=COC=CO3)o2)cc1F. The Labute approximate surface area is 199 Å². The number of hydrogen-bond donors (Lipinski definition) is 1. The summed E-state index contributed by atoms with van der Waals surface area (Å²) in [4.78, 5) is 6.08. The lowest BCUT2D eigenvalue weighted by atomic mass is 10.1. The number of benzene rings is 1. The Morgan fingerprint density at radius 1 is 1.09 bits per heavy atom. The third-order valence-electron chi connectivity index (χ3n) is 5.35. The van der Waals surface area contributed by atoms with E-state index >= 15 is 0 Å². The molecule has 1 aromatic carbocycles. The largest absolute Gasteiger partial charge is 0.464 e. The van der Waals surface area contributed by atoms with Crippen LogP contribution in [0.15, 0.2) is 89.4 Å². The topological polar surface area (TPSA) is 85.5 Å². The van der Waals surface area contributed by atoms with Gasteiger partial charge in [0.25, 0.3) is 5.89 Å². The van der Waals surface area contributed by atoms with Crippen LogP contribution in [0.4, 0.5) is 20.6 Å². The highest BCUT2D eigenvalue weighted by Gasteiger charge is 2.24. The Hall–Kier alpha value is -4.47. The van der Waals surface area contributed by atoms with Crippen LogP contribution in [0.25, 0.3) is 11.5 Å². The smallest absolute Gasteiger partial charge is 0.325 e. The van der Waals surface area contributed by atoms with E-state index in [1.54, 1.807) is 23.2 Å². The van der Waals surface area contributed by atoms with E-state index in [2.05, 4.69) is 32.7 Å². The maximum absolute atomic E-state index is 13.6. The third-order valence-corrected chi connectivity index (χ3v) is 5.35. The molecule has 2 aliphatic rings. The minimum Gasteiger partial charge on any atom is -0.464 e. The van der Waals surface area contributed by atoms with Gasteiger partial charge in [-0.1, -0.05) is 29.4 Å². The molecule has 1 N–H and O–H groups in total. The van der Waals surface area contributed by atoms with Crippen LogP contribution < -0.4 is 10.2 Å². The summed E-state index contributed by atoms with van der Waals surface area (Å²) >= 11 is 0. The molecule has 3 aromatic rings. The molecule has 0 bridgehead atoms. The molecule has 1 aliphatic carbocycles. The van der Waals surface area contributed by atoms with Crippen LogP contribution in [0.2, 0.25) is 0 Å². The number of halogens is 2. The van der Waals surface area contributed by atoms with Gasteiger partial charge in [0.2, 0.25) is 5.88 Å². The van der Waals surface area contributed by atoms with Crippen LogP contribution in [0, 0.1) is 11.6 Å². The fourth-order valence-corrected chi connectivity index (χ4v) is 3.60. The Morgan fingerprint density at radius 2 is 2.03 bits per heavy atom. The van der Waals surface area contributed by atoms with Gasteiger partial charge in [-0.2, -0.15) is 0 Å². The molecule has 0 fully saturated rings. The van der Waals surface area contributed by atoms with Gasteiger partial charge in [0.1, 0.15) is 18.3 Å². The summed E-state index contributed by atoms with van der Waals surface area (Å²) in [5.41, 5.74) is 2.28. The summed E-state index contributed by atoms with van der Waals surface area (Å²) in [6, 6.07) is 7.46. The van der Waals surface area contributed by atoms with Crippen molar-refractivity contribution in [1.82, 2.24) is 15.2 Å². The summed E-state index contributed by atoms with van der Waals surface area (Å²) in [5, 5.41) is 11.6. The first-order chi connectivity index (χ1) is 17.2. The molecule has 0 amide bonds. The third kappa shape index (κ3) is 5.21. The van der Waals surface area contributed by atoms with Gasteiger partial charge in [0.05, 0.1) is 12.1 Å². The Bertz CT molecular complexity index is 1330. The zero-order valence-electron chi connectivity index (χ0n) is 18.5. The second-order valence-corrected chi connectivity index (χ2v) is 7.75. The standard InChI is InChI=1S/C25H21F2N5O3/c26-20-9-8-18(13-21(20)27)14-29-23-19(7-4-10-28-23)24-30-31-25(35-24)32(22-16-33-11-12-34-22)15-17-5-2-1-3-6-17/h1-2,4-5,7-13,16H,3,6,14-15H2,(H,28,29). The van der Waals surface area contributed by atoms with E-state index in [1.165, 1.54) is 30.4 Å². The fourth-order valence-electron chi connectivity index (χ4n) is 3.60. The first kappa shape index (κ1) is 22.3. The molecular weight excluding hydrogens is 456 g/mol. The highest BCUT2D eigenvalue weighted by molar-refractivity contribution is 5.69. The van der Waals surface area contributed by atoms with Gasteiger partial charge in [-0.3, -0.25) is 4.90 Å². The van der Waals surface area contributed by atoms with Crippen LogP contribution in [-0.2, 0) is 16.0 Å². The summed E-state index contributed by atoms with van der Waals surface area (Å²) < 4.78 is 43.7. The van der Waals surface area contributed by atoms with E-state index in [0.29, 0.717) is 29.4 Å². The van der Waals surface area contributed by atoms with Crippen molar-refractivity contribution in [3.63, 3.8) is 0 Å². The molecule has 0 saturated carbocycles. The molecule has 1 aliphatic heterocycles. The summed E-state index contributed by atoms with van der Waals surface area (Å²) in [5.74, 6) is -0.710. The highest BCUT2D eigenvalue weighted by atomic mass is 19.2. The highest BCUT2D eigenvalue weighted by Crippen LogP contribution is 2.30. The van der Waals surface area contributed by atoms with Crippen molar-refractivity contribution in [2.24, 2.45) is 0 Å². The van der Waals surface area contributed by atoms with Crippen LogP contribution in [0.5, 0.6) is 0 Å². The van der Waals surface area contributed by atoms with Crippen molar-refractivity contribution < 1.29 is 22.7 Å². The number of allylic oxidation sites excluding steroid dienone is 3. The lowest BCUT2D eigenvalue weighted by molar-refractivity contribution is 0.245. The van der Waals surface area contributed by atoms with Crippen molar-refractivity contribution >= 4 is 11.8 Å². The van der Waals surface area contributed by atoms with Crippen molar-refractivity contribution in [2.45, 2.75) is 19.4 Å². The molecule has 3 heterocycles. The summed E-state index contributed by atoms with van der Waals surface area (Å²) in [6.45, 7) is 0.698. The van der Waals surface area contributed by atoms with Crippen molar-refractivity contribution in [3.8, 4) is 11.5 Å². The maximum Gasteiger partial charge on any atom is 0.325 e. The number of aromatic nitrogens is 3. The number of nitrogens with zero attached hydrogens (tertiary/aromatic N) is 4. The Kier molecular flexibility index (Phi) is 6.51. The van der Waals surface area contributed by atoms with E-state index in [0.717, 1.165) is 25.0 Å². The average Bonchev–Trinajstić information content (AvgIpc) is 3.39. The second-order valence-electron chi connectivity index (χ2n) is 7.75. The summed E-state index contributed by atoms with van der Waals surface area (Å²) in [7, 11) is 0. The number of hydrogen-bond acceptors (Lipinski definition) is 8. The van der Waals surface area contributed by atoms with E-state index in [4.69, 9.17) is 13.9 Å². The molecule has 35 heavy (non-hydrogen) atoms. The first-order valence-corrected chi connectivity index (χ1v) is 10.9. The fraction of sp³-hybridized carbons (Fsp3) is 0.160. The Morgan fingerprint density at radius 3 is 2.83 bits per heavy atom. The molecule has 10 heteroatoms. The van der Waals surface area contributed by atoms with Gasteiger partial charge in [-0.15, -0.1) is 5.10 Å². The number of ether oxygens (including phenoxy) is 2. The average molecular weight is 477 g/mol. The second kappa shape index (κ2) is 10.2. The molecule has 5 rings (SSSR count). The van der Waals surface area contributed by atoms with Crippen LogP contribution in [-0.4, -0.2) is 21.7 Å². The Balaban J connectivity index is 1.39. The van der Waals surface area contributed by atoms with Gasteiger partial charge < -0.3 is 19.2 Å². The van der Waals surface area contributed by atoms with E-state index in [-0.39, 0.29) is 18.5 Å². The lowest BCUT2D eigenvalue weighted by Gasteiger charge is -2.24. The predicted molar refractivity (Wildman–Crippen MR) is 124 cm³/mol. The molecule has 0 atom stereocenters. The van der Waals surface area contributed by atoms with Crippen molar-refractivity contribution in [3.05, 3.63) is 102 Å². The number of anilines is 2. The van der Waals surface area contributed by atoms with Crippen molar-refractivity contribution in [1.29, 1.82) is 0 Å². The van der Waals surface area contributed by atoms with Gasteiger partial charge in [0, 0.05) is 12.7 Å². The zero-order chi connectivity index (χ0) is 24.0. The molecule has 0 saturated heterocycles. The first-order valence-electron chi connectivity index (χ1n) is 10.9. The molecular formula is C25H21F2N5O3. The quantitative estimate of drug-likeness (QED) is 0.460. The predicted octanol–water partition coefficient (Wildman–Crippen LogP) is 5.42. The molecule has 0 radical (unpaired) electrons. The van der Waals surface area contributed by atoms with E-state index in [9.17, 15) is 8.78 Å². The van der Waals surface area contributed by atoms with Gasteiger partial charge in [-0.05, 0) is 48.2 Å². The number of nitrogens with one attached hydrogen (secondary N) is 1. The molecule has 178 valence electrons. The minimum absolute atomic E-state index is 0.219. The van der Waals surface area contributed by atoms with Crippen LogP contribution in [0.1, 0.15) is 18.4 Å². The maximum atomic E-state index is 13.6. The minimum atomic E-state index is -0.909. The van der Waals surface area contributed by atoms with E-state index in [1.807, 2.05) is 6.08 Å². The van der Waals surface area contributed by atoms with E-state index < -0.39 is 11.6 Å². The molecule has 2 aromatic heterocycles. The monoisotopic (exact) mass is 477 g/mol. The van der Waals surface area contributed by atoms with Gasteiger partial charge in [0.15, 0.2) is 17.9 Å². The number of pyridine rings is 1. The normalized spacial score (nSPS) is 14.6. The van der Waals surface area contributed by atoms with Gasteiger partial charge >= 0.3 is 6.01 Å². The zero-order valence-corrected chi connectivity index (χ0v) is 18.5. The number of rotatable bonds is 8. The van der Waals surface area contributed by atoms with Gasteiger partial charge in [-0.25, -0.2) is 13.8 Å². The van der Waals surface area contributed by atoms with Crippen LogP contribution >= 0.6 is 0 Å². The lowest BCUT2D eigenvalue weighted by Crippen LogP contribution is -2.27. The van der Waals surface area contributed by atoms with Crippen LogP contribution in [0.3, 0.4) is 0 Å².